The smallest absolute Gasteiger partial charge is 0.247 e. The highest BCUT2D eigenvalue weighted by Gasteiger charge is 2.39. The average molecular weight is 234 g/mol. The Morgan fingerprint density at radius 2 is 2.06 bits per heavy atom. The zero-order valence-corrected chi connectivity index (χ0v) is 10.0. The molecule has 2 aliphatic carbocycles. The first-order chi connectivity index (χ1) is 8.08. The lowest BCUT2D eigenvalue weighted by atomic mass is 9.93. The van der Waals surface area contributed by atoms with E-state index in [2.05, 4.69) is 29.4 Å². The van der Waals surface area contributed by atoms with Crippen molar-refractivity contribution in [2.45, 2.75) is 19.8 Å². The molecule has 3 unspecified atom stereocenters. The first-order valence-electron chi connectivity index (χ1n) is 5.97. The molecule has 92 valence electrons. The molecular formula is C13H18N2O2. The summed E-state index contributed by atoms with van der Waals surface area (Å²) in [7, 11) is 0. The highest BCUT2D eigenvalue weighted by Crippen LogP contribution is 2.43. The van der Waals surface area contributed by atoms with Gasteiger partial charge in [0.25, 0.3) is 0 Å². The van der Waals surface area contributed by atoms with Crippen LogP contribution in [0.4, 0.5) is 0 Å². The van der Waals surface area contributed by atoms with Crippen LogP contribution in [0, 0.1) is 17.8 Å². The second-order valence-corrected chi connectivity index (χ2v) is 4.89. The van der Waals surface area contributed by atoms with Crippen molar-refractivity contribution in [3.05, 3.63) is 24.3 Å². The Hall–Kier alpha value is -1.58. The maximum absolute atomic E-state index is 11.9. The number of allylic oxidation sites excluding steroid dienone is 2. The predicted molar refractivity (Wildman–Crippen MR) is 64.8 cm³/mol. The Balaban J connectivity index is 1.73. The Bertz CT molecular complexity index is 387. The van der Waals surface area contributed by atoms with Gasteiger partial charge in [-0.2, -0.15) is 0 Å². The molecule has 1 fully saturated rings. The Morgan fingerprint density at radius 3 is 2.59 bits per heavy atom. The molecule has 0 aromatic heterocycles. The van der Waals surface area contributed by atoms with Crippen LogP contribution in [0.15, 0.2) is 24.3 Å². The summed E-state index contributed by atoms with van der Waals surface area (Å²) >= 11 is 0. The topological polar surface area (TPSA) is 58.2 Å². The van der Waals surface area contributed by atoms with E-state index in [0.717, 1.165) is 12.8 Å². The minimum atomic E-state index is -0.224. The van der Waals surface area contributed by atoms with Crippen LogP contribution in [0.2, 0.25) is 0 Å². The van der Waals surface area contributed by atoms with Crippen molar-refractivity contribution in [2.75, 3.05) is 6.67 Å². The molecule has 0 radical (unpaired) electrons. The molecule has 0 spiro atoms. The summed E-state index contributed by atoms with van der Waals surface area (Å²) in [5, 5.41) is 5.34. The van der Waals surface area contributed by atoms with E-state index in [4.69, 9.17) is 0 Å². The molecule has 0 aromatic carbocycles. The van der Waals surface area contributed by atoms with E-state index in [1.807, 2.05) is 0 Å². The van der Waals surface area contributed by atoms with Crippen molar-refractivity contribution in [1.82, 2.24) is 10.6 Å². The van der Waals surface area contributed by atoms with Gasteiger partial charge in [-0.05, 0) is 31.6 Å². The van der Waals surface area contributed by atoms with Crippen LogP contribution < -0.4 is 10.6 Å². The number of hydrogen-bond donors (Lipinski definition) is 2. The first kappa shape index (κ1) is 11.9. The number of amides is 2. The minimum Gasteiger partial charge on any atom is -0.338 e. The standard InChI is InChI=1S/C13H18N2O2/c1-8(2)12(16)14-7-15-13(17)11-6-9-3-4-10(11)5-9/h3-4,9-11H,1,5-7H2,2H3,(H,14,16)(H,15,17). The molecule has 2 aliphatic rings. The second-order valence-electron chi connectivity index (χ2n) is 4.89. The van der Waals surface area contributed by atoms with E-state index in [1.165, 1.54) is 0 Å². The third kappa shape index (κ3) is 2.57. The summed E-state index contributed by atoms with van der Waals surface area (Å²) in [6.07, 6.45) is 6.40. The SMILES string of the molecule is C=C(C)C(=O)NCNC(=O)C1CC2C=CC1C2. The van der Waals surface area contributed by atoms with E-state index >= 15 is 0 Å². The fourth-order valence-corrected chi connectivity index (χ4v) is 2.58. The zero-order chi connectivity index (χ0) is 12.4. The maximum Gasteiger partial charge on any atom is 0.247 e. The Morgan fingerprint density at radius 1 is 1.29 bits per heavy atom. The lowest BCUT2D eigenvalue weighted by molar-refractivity contribution is -0.126. The van der Waals surface area contributed by atoms with Crippen LogP contribution in [0.3, 0.4) is 0 Å². The van der Waals surface area contributed by atoms with Gasteiger partial charge in [0.1, 0.15) is 0 Å². The van der Waals surface area contributed by atoms with Gasteiger partial charge in [0.15, 0.2) is 0 Å². The Kier molecular flexibility index (Phi) is 3.31. The minimum absolute atomic E-state index is 0.0452. The summed E-state index contributed by atoms with van der Waals surface area (Å²) < 4.78 is 0. The summed E-state index contributed by atoms with van der Waals surface area (Å²) in [4.78, 5) is 23.1. The first-order valence-corrected chi connectivity index (χ1v) is 5.97. The normalized spacial score (nSPS) is 29.1. The molecule has 4 nitrogen and oxygen atoms in total. The van der Waals surface area contributed by atoms with Crippen molar-refractivity contribution in [3.8, 4) is 0 Å². The van der Waals surface area contributed by atoms with Crippen LogP contribution in [0.5, 0.6) is 0 Å². The molecule has 2 bridgehead atoms. The van der Waals surface area contributed by atoms with Crippen LogP contribution in [0.25, 0.3) is 0 Å². The van der Waals surface area contributed by atoms with E-state index in [9.17, 15) is 9.59 Å². The van der Waals surface area contributed by atoms with Crippen molar-refractivity contribution >= 4 is 11.8 Å². The van der Waals surface area contributed by atoms with Crippen molar-refractivity contribution in [3.63, 3.8) is 0 Å². The van der Waals surface area contributed by atoms with Gasteiger partial charge >= 0.3 is 0 Å². The fraction of sp³-hybridized carbons (Fsp3) is 0.538. The van der Waals surface area contributed by atoms with Gasteiger partial charge in [-0.3, -0.25) is 9.59 Å². The van der Waals surface area contributed by atoms with E-state index in [-0.39, 0.29) is 24.4 Å². The van der Waals surface area contributed by atoms with Crippen molar-refractivity contribution in [1.29, 1.82) is 0 Å². The fourth-order valence-electron chi connectivity index (χ4n) is 2.58. The quantitative estimate of drug-likeness (QED) is 0.432. The molecule has 0 aromatic rings. The van der Waals surface area contributed by atoms with Gasteiger partial charge in [0.2, 0.25) is 11.8 Å². The molecular weight excluding hydrogens is 216 g/mol. The molecule has 2 N–H and O–H groups in total. The van der Waals surface area contributed by atoms with Crippen LogP contribution in [0.1, 0.15) is 19.8 Å². The third-order valence-electron chi connectivity index (χ3n) is 3.51. The third-order valence-corrected chi connectivity index (χ3v) is 3.51. The highest BCUT2D eigenvalue weighted by atomic mass is 16.2. The molecule has 0 aliphatic heterocycles. The van der Waals surface area contributed by atoms with Crippen LogP contribution >= 0.6 is 0 Å². The van der Waals surface area contributed by atoms with Gasteiger partial charge in [-0.25, -0.2) is 0 Å². The lowest BCUT2D eigenvalue weighted by Crippen LogP contribution is -2.41. The summed E-state index contributed by atoms with van der Waals surface area (Å²) in [6, 6.07) is 0. The van der Waals surface area contributed by atoms with E-state index in [1.54, 1.807) is 6.92 Å². The number of nitrogens with one attached hydrogen (secondary N) is 2. The van der Waals surface area contributed by atoms with Gasteiger partial charge in [-0.1, -0.05) is 18.7 Å². The molecule has 2 amide bonds. The molecule has 0 saturated heterocycles. The van der Waals surface area contributed by atoms with Crippen LogP contribution in [-0.4, -0.2) is 18.5 Å². The number of carbonyl (C=O) groups excluding carboxylic acids is 2. The predicted octanol–water partition coefficient (Wildman–Crippen LogP) is 0.965. The van der Waals surface area contributed by atoms with Gasteiger partial charge in [0.05, 0.1) is 6.67 Å². The summed E-state index contributed by atoms with van der Waals surface area (Å²) in [6.45, 7) is 5.35. The number of carbonyl (C=O) groups is 2. The molecule has 3 atom stereocenters. The van der Waals surface area contributed by atoms with E-state index in [0.29, 0.717) is 17.4 Å². The van der Waals surface area contributed by atoms with Crippen molar-refractivity contribution in [2.24, 2.45) is 17.8 Å². The molecule has 4 heteroatoms. The monoisotopic (exact) mass is 234 g/mol. The number of fused-ring (bicyclic) bond motifs is 2. The maximum atomic E-state index is 11.9. The second kappa shape index (κ2) is 4.73. The van der Waals surface area contributed by atoms with E-state index < -0.39 is 0 Å². The van der Waals surface area contributed by atoms with Gasteiger partial charge in [0, 0.05) is 11.5 Å². The largest absolute Gasteiger partial charge is 0.338 e. The van der Waals surface area contributed by atoms with Crippen molar-refractivity contribution < 1.29 is 9.59 Å². The molecule has 1 saturated carbocycles. The van der Waals surface area contributed by atoms with Crippen LogP contribution in [-0.2, 0) is 9.59 Å². The summed E-state index contributed by atoms with van der Waals surface area (Å²) in [5.41, 5.74) is 0.446. The molecule has 17 heavy (non-hydrogen) atoms. The zero-order valence-electron chi connectivity index (χ0n) is 10.0. The molecule has 2 rings (SSSR count). The van der Waals surface area contributed by atoms with Gasteiger partial charge in [-0.15, -0.1) is 0 Å². The number of hydrogen-bond acceptors (Lipinski definition) is 2. The Labute approximate surface area is 101 Å². The lowest BCUT2D eigenvalue weighted by Gasteiger charge is -2.17. The average Bonchev–Trinajstić information content (AvgIpc) is 2.90. The van der Waals surface area contributed by atoms with Gasteiger partial charge < -0.3 is 10.6 Å². The highest BCUT2D eigenvalue weighted by molar-refractivity contribution is 5.92. The number of rotatable bonds is 4. The molecule has 0 heterocycles. The summed E-state index contributed by atoms with van der Waals surface area (Å²) in [5.74, 6) is 0.895.